The molecule has 0 aliphatic rings. The maximum Gasteiger partial charge on any atom is 0.387 e. The summed E-state index contributed by atoms with van der Waals surface area (Å²) in [7, 11) is 1.30. The molecule has 0 bridgehead atoms. The first-order valence-electron chi connectivity index (χ1n) is 6.14. The van der Waals surface area contributed by atoms with E-state index in [4.69, 9.17) is 9.84 Å². The number of aliphatic carboxylic acids is 1. The van der Waals surface area contributed by atoms with E-state index in [9.17, 15) is 18.4 Å². The van der Waals surface area contributed by atoms with E-state index < -0.39 is 18.5 Å². The summed E-state index contributed by atoms with van der Waals surface area (Å²) < 4.78 is 33.7. The fraction of sp³-hybridized carbons (Fsp3) is 0.385. The van der Waals surface area contributed by atoms with Crippen molar-refractivity contribution in [2.24, 2.45) is 0 Å². The number of amides is 1. The molecule has 0 radical (unpaired) electrons. The number of thioether (sulfide) groups is 1. The van der Waals surface area contributed by atoms with Gasteiger partial charge in [-0.1, -0.05) is 0 Å². The number of nitrogens with one attached hydrogen (secondary N) is 1. The maximum absolute atomic E-state index is 12.3. The van der Waals surface area contributed by atoms with Crippen molar-refractivity contribution < 1.29 is 33.0 Å². The monoisotopic (exact) mass is 335 g/mol. The van der Waals surface area contributed by atoms with Crippen LogP contribution in [0.1, 0.15) is 10.4 Å². The van der Waals surface area contributed by atoms with Crippen LogP contribution in [0.5, 0.6) is 11.5 Å². The molecule has 9 heteroatoms. The molecular formula is C13H15F2NO5S. The molecule has 0 aliphatic heterocycles. The molecule has 22 heavy (non-hydrogen) atoms. The number of alkyl halides is 2. The van der Waals surface area contributed by atoms with E-state index in [-0.39, 0.29) is 29.4 Å². The minimum Gasteiger partial charge on any atom is -0.493 e. The van der Waals surface area contributed by atoms with Gasteiger partial charge in [-0.3, -0.25) is 9.59 Å². The number of hydrogen-bond donors (Lipinski definition) is 2. The normalized spacial score (nSPS) is 10.4. The molecule has 1 aromatic rings. The Morgan fingerprint density at radius 1 is 1.36 bits per heavy atom. The topological polar surface area (TPSA) is 84.9 Å². The Morgan fingerprint density at radius 2 is 2.09 bits per heavy atom. The lowest BCUT2D eigenvalue weighted by Gasteiger charge is -2.11. The molecule has 0 atom stereocenters. The third-order valence-electron chi connectivity index (χ3n) is 2.40. The summed E-state index contributed by atoms with van der Waals surface area (Å²) in [6, 6.07) is 3.92. The molecule has 6 nitrogen and oxygen atoms in total. The summed E-state index contributed by atoms with van der Waals surface area (Å²) in [4.78, 5) is 22.2. The van der Waals surface area contributed by atoms with Crippen LogP contribution in [-0.2, 0) is 4.79 Å². The molecule has 0 fully saturated rings. The number of methoxy groups -OCH3 is 1. The molecule has 0 saturated heterocycles. The van der Waals surface area contributed by atoms with Gasteiger partial charge in [-0.25, -0.2) is 0 Å². The van der Waals surface area contributed by atoms with Crippen LogP contribution < -0.4 is 14.8 Å². The van der Waals surface area contributed by atoms with Crippen LogP contribution in [0.15, 0.2) is 18.2 Å². The summed E-state index contributed by atoms with van der Waals surface area (Å²) in [6.07, 6.45) is 0. The van der Waals surface area contributed by atoms with Crippen LogP contribution in [0.2, 0.25) is 0 Å². The van der Waals surface area contributed by atoms with E-state index in [1.165, 1.54) is 19.2 Å². The maximum atomic E-state index is 12.3. The van der Waals surface area contributed by atoms with Crippen LogP contribution >= 0.6 is 11.8 Å². The fourth-order valence-electron chi connectivity index (χ4n) is 1.50. The van der Waals surface area contributed by atoms with Crippen LogP contribution in [0.25, 0.3) is 0 Å². The number of carbonyl (C=O) groups is 2. The lowest BCUT2D eigenvalue weighted by Crippen LogP contribution is -2.26. The smallest absolute Gasteiger partial charge is 0.387 e. The van der Waals surface area contributed by atoms with E-state index in [1.54, 1.807) is 0 Å². The van der Waals surface area contributed by atoms with Gasteiger partial charge in [-0.15, -0.1) is 11.8 Å². The van der Waals surface area contributed by atoms with Crippen molar-refractivity contribution in [2.45, 2.75) is 6.61 Å². The number of carboxylic acid groups (broad SMARTS) is 1. The van der Waals surface area contributed by atoms with Gasteiger partial charge in [-0.05, 0) is 18.2 Å². The highest BCUT2D eigenvalue weighted by molar-refractivity contribution is 7.99. The Bertz CT molecular complexity index is 527. The van der Waals surface area contributed by atoms with Crippen molar-refractivity contribution in [1.82, 2.24) is 5.32 Å². The lowest BCUT2D eigenvalue weighted by atomic mass is 10.2. The van der Waals surface area contributed by atoms with E-state index in [0.717, 1.165) is 17.8 Å². The Kier molecular flexibility index (Phi) is 7.44. The van der Waals surface area contributed by atoms with Crippen molar-refractivity contribution in [3.05, 3.63) is 23.8 Å². The Labute approximate surface area is 129 Å². The van der Waals surface area contributed by atoms with E-state index in [2.05, 4.69) is 10.1 Å². The van der Waals surface area contributed by atoms with Crippen molar-refractivity contribution in [1.29, 1.82) is 0 Å². The standard InChI is InChI=1S/C13H15F2NO5S/c1-20-9-3-2-8(6-10(9)21-13(14)15)12(19)16-4-5-22-7-11(17)18/h2-3,6,13H,4-5,7H2,1H3,(H,16,19)(H,17,18). The molecule has 1 amide bonds. The first-order chi connectivity index (χ1) is 10.4. The highest BCUT2D eigenvalue weighted by Gasteiger charge is 2.14. The van der Waals surface area contributed by atoms with Crippen LogP contribution in [0, 0.1) is 0 Å². The summed E-state index contributed by atoms with van der Waals surface area (Å²) in [5, 5.41) is 11.0. The summed E-state index contributed by atoms with van der Waals surface area (Å²) in [5.41, 5.74) is 0.139. The highest BCUT2D eigenvalue weighted by Crippen LogP contribution is 2.29. The number of halogens is 2. The number of carboxylic acids is 1. The molecule has 122 valence electrons. The summed E-state index contributed by atoms with van der Waals surface area (Å²) >= 11 is 1.16. The second-order valence-corrected chi connectivity index (χ2v) is 5.05. The molecule has 0 unspecified atom stereocenters. The van der Waals surface area contributed by atoms with Crippen molar-refractivity contribution in [3.63, 3.8) is 0 Å². The van der Waals surface area contributed by atoms with Gasteiger partial charge in [0.25, 0.3) is 5.91 Å². The van der Waals surface area contributed by atoms with Crippen molar-refractivity contribution >= 4 is 23.6 Å². The predicted molar refractivity (Wildman–Crippen MR) is 76.9 cm³/mol. The molecule has 0 aromatic heterocycles. The fourth-order valence-corrected chi connectivity index (χ4v) is 2.07. The number of hydrogen-bond acceptors (Lipinski definition) is 5. The molecule has 0 aliphatic carbocycles. The van der Waals surface area contributed by atoms with Gasteiger partial charge >= 0.3 is 12.6 Å². The average molecular weight is 335 g/mol. The zero-order valence-corrected chi connectivity index (χ0v) is 12.5. The van der Waals surface area contributed by atoms with Crippen LogP contribution in [-0.4, -0.2) is 48.8 Å². The van der Waals surface area contributed by atoms with Gasteiger partial charge < -0.3 is 19.9 Å². The van der Waals surface area contributed by atoms with Gasteiger partial charge in [0, 0.05) is 17.9 Å². The zero-order valence-electron chi connectivity index (χ0n) is 11.7. The van der Waals surface area contributed by atoms with Gasteiger partial charge in [0.05, 0.1) is 12.9 Å². The van der Waals surface area contributed by atoms with Gasteiger partial charge in [0.15, 0.2) is 11.5 Å². The van der Waals surface area contributed by atoms with Crippen molar-refractivity contribution in [3.8, 4) is 11.5 Å². The summed E-state index contributed by atoms with van der Waals surface area (Å²) in [5.74, 6) is -1.17. The molecule has 2 N–H and O–H groups in total. The predicted octanol–water partition coefficient (Wildman–Crippen LogP) is 1.84. The second kappa shape index (κ2) is 9.08. The van der Waals surface area contributed by atoms with E-state index in [0.29, 0.717) is 5.75 Å². The van der Waals surface area contributed by atoms with Crippen LogP contribution in [0.3, 0.4) is 0 Å². The van der Waals surface area contributed by atoms with Gasteiger partial charge in [0.1, 0.15) is 0 Å². The average Bonchev–Trinajstić information content (AvgIpc) is 2.45. The summed E-state index contributed by atoms with van der Waals surface area (Å²) in [6.45, 7) is -2.77. The van der Waals surface area contributed by atoms with Gasteiger partial charge in [-0.2, -0.15) is 8.78 Å². The quantitative estimate of drug-likeness (QED) is 0.670. The Morgan fingerprint density at radius 3 is 2.68 bits per heavy atom. The molecule has 0 heterocycles. The number of ether oxygens (including phenoxy) is 2. The third kappa shape index (κ3) is 6.17. The molecular weight excluding hydrogens is 320 g/mol. The van der Waals surface area contributed by atoms with Crippen LogP contribution in [0.4, 0.5) is 8.78 Å². The van der Waals surface area contributed by atoms with E-state index >= 15 is 0 Å². The zero-order chi connectivity index (χ0) is 16.5. The Hall–Kier alpha value is -2.03. The Balaban J connectivity index is 2.59. The SMILES string of the molecule is COc1ccc(C(=O)NCCSCC(=O)O)cc1OC(F)F. The number of benzene rings is 1. The van der Waals surface area contributed by atoms with E-state index in [1.807, 2.05) is 0 Å². The van der Waals surface area contributed by atoms with Crippen molar-refractivity contribution in [2.75, 3.05) is 25.2 Å². The number of rotatable bonds is 9. The molecule has 0 saturated carbocycles. The minimum absolute atomic E-state index is 0.0508. The van der Waals surface area contributed by atoms with Gasteiger partial charge in [0.2, 0.25) is 0 Å². The molecule has 0 spiro atoms. The largest absolute Gasteiger partial charge is 0.493 e. The first-order valence-corrected chi connectivity index (χ1v) is 7.30. The molecule has 1 rings (SSSR count). The minimum atomic E-state index is -3.03. The third-order valence-corrected chi connectivity index (χ3v) is 3.34. The first kappa shape index (κ1) is 18.0. The highest BCUT2D eigenvalue weighted by atomic mass is 32.2. The number of carbonyl (C=O) groups excluding carboxylic acids is 1. The second-order valence-electron chi connectivity index (χ2n) is 3.95. The molecule has 1 aromatic carbocycles. The lowest BCUT2D eigenvalue weighted by molar-refractivity contribution is -0.133.